The van der Waals surface area contributed by atoms with Crippen LogP contribution in [0.3, 0.4) is 0 Å². The fourth-order valence-corrected chi connectivity index (χ4v) is 3.93. The van der Waals surface area contributed by atoms with Gasteiger partial charge in [-0.3, -0.25) is 0 Å². The van der Waals surface area contributed by atoms with E-state index in [2.05, 4.69) is 37.7 Å². The highest BCUT2D eigenvalue weighted by Gasteiger charge is 2.27. The Hall–Kier alpha value is -1.33. The Labute approximate surface area is 179 Å². The van der Waals surface area contributed by atoms with E-state index in [9.17, 15) is 0 Å². The molecule has 0 radical (unpaired) electrons. The first-order chi connectivity index (χ1) is 12.9. The minimum Gasteiger partial charge on any atom is -0.317 e. The molecule has 1 atom stereocenters. The normalized spacial score (nSPS) is 17.1. The molecule has 0 N–H and O–H groups in total. The van der Waals surface area contributed by atoms with Crippen LogP contribution in [0.1, 0.15) is 25.0 Å². The van der Waals surface area contributed by atoms with Gasteiger partial charge in [0.2, 0.25) is 0 Å². The number of hydrogen-bond acceptors (Lipinski definition) is 4. The van der Waals surface area contributed by atoms with Crippen molar-refractivity contribution in [1.82, 2.24) is 0 Å². The lowest BCUT2D eigenvalue weighted by atomic mass is 10.1. The van der Waals surface area contributed by atoms with Crippen LogP contribution in [-0.4, -0.2) is 11.0 Å². The maximum absolute atomic E-state index is 6.07. The van der Waals surface area contributed by atoms with E-state index < -0.39 is 0 Å². The van der Waals surface area contributed by atoms with Gasteiger partial charge in [-0.05, 0) is 51.1 Å². The minimum atomic E-state index is 0.275. The van der Waals surface area contributed by atoms with Gasteiger partial charge >= 0.3 is 0 Å². The van der Waals surface area contributed by atoms with Gasteiger partial charge in [0.05, 0.1) is 10.1 Å². The molecule has 142 valence electrons. The van der Waals surface area contributed by atoms with E-state index in [4.69, 9.17) is 27.5 Å². The molecule has 2 aromatic rings. The van der Waals surface area contributed by atoms with Crippen LogP contribution >= 0.6 is 47.0 Å². The predicted molar refractivity (Wildman–Crippen MR) is 121 cm³/mol. The first kappa shape index (κ1) is 22.0. The topological polar surface area (TPSA) is 21.6 Å². The van der Waals surface area contributed by atoms with Crippen molar-refractivity contribution in [3.8, 4) is 0 Å². The van der Waals surface area contributed by atoms with Crippen LogP contribution in [0.5, 0.6) is 0 Å². The Kier molecular flexibility index (Phi) is 8.84. The number of hydrogen-bond donors (Lipinski definition) is 0. The number of nitrogens with zero attached hydrogens (tertiary/aromatic N) is 1. The Morgan fingerprint density at radius 1 is 1.26 bits per heavy atom. The second-order valence-corrected chi connectivity index (χ2v) is 8.77. The monoisotopic (exact) mass is 437 g/mol. The number of fused-ring (bicyclic) bond motifs is 1. The summed E-state index contributed by atoms with van der Waals surface area (Å²) in [6, 6.07) is 14.1. The summed E-state index contributed by atoms with van der Waals surface area (Å²) in [7, 11) is 0. The van der Waals surface area contributed by atoms with Crippen molar-refractivity contribution in [2.24, 2.45) is 5.16 Å². The van der Waals surface area contributed by atoms with Gasteiger partial charge in [0, 0.05) is 20.5 Å². The van der Waals surface area contributed by atoms with Gasteiger partial charge in [-0.15, -0.1) is 11.8 Å². The largest absolute Gasteiger partial charge is 0.317 e. The molecule has 0 aromatic heterocycles. The van der Waals surface area contributed by atoms with Crippen molar-refractivity contribution in [2.75, 3.05) is 0 Å². The SMILES string of the molecule is C=C/C(Cl)=C\C.Cc1ccc(SO/N=C2/c3cc(Cl)ccc3SC2C)cc1. The molecular formula is C21H21Cl2NOS2. The molecule has 3 rings (SSSR count). The van der Waals surface area contributed by atoms with Crippen LogP contribution in [0.4, 0.5) is 0 Å². The summed E-state index contributed by atoms with van der Waals surface area (Å²) >= 11 is 14.5. The molecule has 6 heteroatoms. The number of rotatable bonds is 4. The summed E-state index contributed by atoms with van der Waals surface area (Å²) in [5.74, 6) is 0. The third-order valence-electron chi connectivity index (χ3n) is 3.67. The molecule has 2 aromatic carbocycles. The van der Waals surface area contributed by atoms with Gasteiger partial charge in [0.15, 0.2) is 0 Å². The van der Waals surface area contributed by atoms with Crippen molar-refractivity contribution in [1.29, 1.82) is 0 Å². The van der Waals surface area contributed by atoms with Crippen LogP contribution in [0.2, 0.25) is 5.02 Å². The maximum atomic E-state index is 6.07. The molecule has 2 nitrogen and oxygen atoms in total. The fraction of sp³-hybridized carbons (Fsp3) is 0.190. The molecule has 1 heterocycles. The highest BCUT2D eigenvalue weighted by Crippen LogP contribution is 2.38. The Morgan fingerprint density at radius 3 is 2.56 bits per heavy atom. The maximum Gasteiger partial charge on any atom is 0.125 e. The number of halogens is 2. The zero-order valence-electron chi connectivity index (χ0n) is 15.4. The lowest BCUT2D eigenvalue weighted by Crippen LogP contribution is -2.08. The van der Waals surface area contributed by atoms with Gasteiger partial charge in [-0.25, -0.2) is 0 Å². The van der Waals surface area contributed by atoms with E-state index in [-0.39, 0.29) is 5.25 Å². The average molecular weight is 438 g/mol. The first-order valence-corrected chi connectivity index (χ1v) is 10.7. The summed E-state index contributed by atoms with van der Waals surface area (Å²) in [5.41, 5.74) is 3.25. The second-order valence-electron chi connectivity index (χ2n) is 5.73. The summed E-state index contributed by atoms with van der Waals surface area (Å²) in [4.78, 5) is 2.24. The highest BCUT2D eigenvalue weighted by atomic mass is 35.5. The van der Waals surface area contributed by atoms with E-state index in [1.165, 1.54) is 22.5 Å². The molecule has 0 fully saturated rings. The van der Waals surface area contributed by atoms with Crippen LogP contribution in [0.15, 0.2) is 81.2 Å². The van der Waals surface area contributed by atoms with E-state index in [0.717, 1.165) is 21.2 Å². The lowest BCUT2D eigenvalue weighted by molar-refractivity contribution is 0.404. The average Bonchev–Trinajstić information content (AvgIpc) is 2.98. The number of benzene rings is 2. The molecule has 0 saturated heterocycles. The predicted octanol–water partition coefficient (Wildman–Crippen LogP) is 7.89. The molecule has 0 bridgehead atoms. The van der Waals surface area contributed by atoms with Gasteiger partial charge in [-0.2, -0.15) is 0 Å². The fourth-order valence-electron chi connectivity index (χ4n) is 2.21. The van der Waals surface area contributed by atoms with Gasteiger partial charge in [-0.1, -0.05) is 64.8 Å². The minimum absolute atomic E-state index is 0.275. The number of thioether (sulfide) groups is 1. The molecule has 0 spiro atoms. The molecule has 1 aliphatic heterocycles. The Balaban J connectivity index is 0.000000380. The molecule has 1 aliphatic rings. The quantitative estimate of drug-likeness (QED) is 0.275. The van der Waals surface area contributed by atoms with Crippen molar-refractivity contribution in [3.63, 3.8) is 0 Å². The zero-order chi connectivity index (χ0) is 19.8. The van der Waals surface area contributed by atoms with Crippen molar-refractivity contribution >= 4 is 52.7 Å². The van der Waals surface area contributed by atoms with Gasteiger partial charge in [0.25, 0.3) is 0 Å². The smallest absolute Gasteiger partial charge is 0.125 e. The van der Waals surface area contributed by atoms with Crippen molar-refractivity contribution in [2.45, 2.75) is 35.8 Å². The first-order valence-electron chi connectivity index (χ1n) is 8.33. The Bertz CT molecular complexity index is 848. The van der Waals surface area contributed by atoms with Crippen molar-refractivity contribution < 1.29 is 4.28 Å². The second kappa shape index (κ2) is 10.9. The van der Waals surface area contributed by atoms with E-state index in [0.29, 0.717) is 5.03 Å². The summed E-state index contributed by atoms with van der Waals surface area (Å²) in [6.45, 7) is 9.48. The highest BCUT2D eigenvalue weighted by molar-refractivity contribution is 8.01. The van der Waals surface area contributed by atoms with Crippen molar-refractivity contribution in [3.05, 3.63) is 82.4 Å². The number of oxime groups is 1. The molecule has 27 heavy (non-hydrogen) atoms. The van der Waals surface area contributed by atoms with E-state index in [1.807, 2.05) is 37.3 Å². The van der Waals surface area contributed by atoms with Crippen LogP contribution in [0, 0.1) is 6.92 Å². The number of aryl methyl sites for hydroxylation is 1. The Morgan fingerprint density at radius 2 is 1.96 bits per heavy atom. The molecular weight excluding hydrogens is 417 g/mol. The zero-order valence-corrected chi connectivity index (χ0v) is 18.6. The van der Waals surface area contributed by atoms with Crippen LogP contribution in [0.25, 0.3) is 0 Å². The molecule has 0 saturated carbocycles. The molecule has 0 amide bonds. The summed E-state index contributed by atoms with van der Waals surface area (Å²) in [6.07, 6.45) is 3.39. The van der Waals surface area contributed by atoms with Gasteiger partial charge in [0.1, 0.15) is 17.8 Å². The lowest BCUT2D eigenvalue weighted by Gasteiger charge is -2.04. The van der Waals surface area contributed by atoms with E-state index >= 15 is 0 Å². The number of allylic oxidation sites excluding steroid dienone is 3. The van der Waals surface area contributed by atoms with Gasteiger partial charge < -0.3 is 4.28 Å². The third kappa shape index (κ3) is 6.65. The third-order valence-corrected chi connectivity index (χ3v) is 6.08. The molecule has 0 aliphatic carbocycles. The summed E-state index contributed by atoms with van der Waals surface area (Å²) in [5, 5.41) is 6.01. The van der Waals surface area contributed by atoms with Crippen LogP contribution in [-0.2, 0) is 4.28 Å². The standard InChI is InChI=1S/C16H14ClNOS2.C5H7Cl/c1-10-3-6-13(7-4-10)21-19-18-16-11(2)20-15-8-5-12(17)9-14(15)16;1-3-5(6)4-2/h3-9,11H,1-2H3;3-4H,1H2,2H3/b18-16+;5-4+. The van der Waals surface area contributed by atoms with Crippen LogP contribution < -0.4 is 0 Å². The molecule has 1 unspecified atom stereocenters. The summed E-state index contributed by atoms with van der Waals surface area (Å²) < 4.78 is 5.46. The van der Waals surface area contributed by atoms with E-state index in [1.54, 1.807) is 23.9 Å².